The van der Waals surface area contributed by atoms with Gasteiger partial charge in [-0.3, -0.25) is 9.59 Å². The van der Waals surface area contributed by atoms with E-state index in [9.17, 15) is 14.0 Å². The van der Waals surface area contributed by atoms with Gasteiger partial charge in [0.15, 0.2) is 6.61 Å². The Labute approximate surface area is 131 Å². The van der Waals surface area contributed by atoms with Crippen LogP contribution in [0.2, 0.25) is 0 Å². The molecule has 0 aliphatic rings. The predicted molar refractivity (Wildman–Crippen MR) is 83.5 cm³/mol. The molecule has 0 atom stereocenters. The van der Waals surface area contributed by atoms with Gasteiger partial charge in [-0.25, -0.2) is 4.39 Å². The number of benzene rings is 2. The number of rotatable bonds is 6. The van der Waals surface area contributed by atoms with Crippen LogP contribution in [0.4, 0.5) is 10.1 Å². The molecule has 0 aliphatic heterocycles. The van der Waals surface area contributed by atoms with Crippen LogP contribution in [0.5, 0.6) is 0 Å². The Morgan fingerprint density at radius 2 is 1.87 bits per heavy atom. The lowest BCUT2D eigenvalue weighted by Crippen LogP contribution is -2.17. The van der Waals surface area contributed by atoms with Gasteiger partial charge in [-0.05, 0) is 30.3 Å². The van der Waals surface area contributed by atoms with Crippen LogP contribution in [0.15, 0.2) is 53.7 Å². The van der Waals surface area contributed by atoms with Crippen molar-refractivity contribution >= 4 is 23.7 Å². The van der Waals surface area contributed by atoms with Crippen molar-refractivity contribution in [2.24, 2.45) is 10.9 Å². The van der Waals surface area contributed by atoms with Gasteiger partial charge in [0.2, 0.25) is 5.91 Å². The fourth-order valence-electron chi connectivity index (χ4n) is 1.68. The monoisotopic (exact) mass is 315 g/mol. The Morgan fingerprint density at radius 1 is 1.17 bits per heavy atom. The zero-order valence-electron chi connectivity index (χ0n) is 12.0. The molecule has 7 heteroatoms. The molecule has 3 N–H and O–H groups in total. The highest BCUT2D eigenvalue weighted by molar-refractivity contribution is 5.95. The molecule has 2 aromatic rings. The number of amides is 2. The first-order valence-electron chi connectivity index (χ1n) is 6.66. The third kappa shape index (κ3) is 4.92. The number of anilines is 1. The summed E-state index contributed by atoms with van der Waals surface area (Å²) in [5.74, 6) is -1.42. The summed E-state index contributed by atoms with van der Waals surface area (Å²) in [5.41, 5.74) is 6.20. The summed E-state index contributed by atoms with van der Waals surface area (Å²) in [5, 5.41) is 6.09. The van der Waals surface area contributed by atoms with E-state index >= 15 is 0 Å². The van der Waals surface area contributed by atoms with Crippen molar-refractivity contribution in [1.82, 2.24) is 0 Å². The highest BCUT2D eigenvalue weighted by atomic mass is 19.1. The zero-order chi connectivity index (χ0) is 16.7. The van der Waals surface area contributed by atoms with Crippen molar-refractivity contribution in [1.29, 1.82) is 0 Å². The standard InChI is InChI=1S/C16H14FN3O3/c17-14-4-2-1-3-12(14)9-19-23-10-15(21)20-13-7-5-11(6-8-13)16(18)22/h1-9H,10H2,(H2,18,22)(H,20,21)/b19-9-. The van der Waals surface area contributed by atoms with E-state index in [1.165, 1.54) is 30.5 Å². The summed E-state index contributed by atoms with van der Waals surface area (Å²) in [7, 11) is 0. The van der Waals surface area contributed by atoms with E-state index in [2.05, 4.69) is 10.5 Å². The average molecular weight is 315 g/mol. The first-order valence-corrected chi connectivity index (χ1v) is 6.66. The molecule has 0 bridgehead atoms. The van der Waals surface area contributed by atoms with Crippen LogP contribution >= 0.6 is 0 Å². The van der Waals surface area contributed by atoms with Crippen molar-refractivity contribution in [3.8, 4) is 0 Å². The van der Waals surface area contributed by atoms with E-state index in [4.69, 9.17) is 10.6 Å². The molecule has 2 amide bonds. The molecule has 0 radical (unpaired) electrons. The lowest BCUT2D eigenvalue weighted by molar-refractivity contribution is -0.120. The second-order valence-electron chi connectivity index (χ2n) is 4.52. The molecule has 0 aliphatic carbocycles. The molecule has 23 heavy (non-hydrogen) atoms. The quantitative estimate of drug-likeness (QED) is 0.630. The fraction of sp³-hybridized carbons (Fsp3) is 0.0625. The first-order chi connectivity index (χ1) is 11.1. The minimum atomic E-state index is -0.548. The molecule has 2 rings (SSSR count). The largest absolute Gasteiger partial charge is 0.386 e. The van der Waals surface area contributed by atoms with Crippen LogP contribution in [0.1, 0.15) is 15.9 Å². The van der Waals surface area contributed by atoms with Crippen LogP contribution in [-0.2, 0) is 9.63 Å². The molecule has 0 fully saturated rings. The number of carbonyl (C=O) groups is 2. The van der Waals surface area contributed by atoms with Crippen LogP contribution < -0.4 is 11.1 Å². The van der Waals surface area contributed by atoms with E-state index in [1.807, 2.05) is 0 Å². The van der Waals surface area contributed by atoms with Gasteiger partial charge in [0.1, 0.15) is 5.82 Å². The van der Waals surface area contributed by atoms with Gasteiger partial charge < -0.3 is 15.9 Å². The molecule has 2 aromatic carbocycles. The molecule has 0 spiro atoms. The highest BCUT2D eigenvalue weighted by Gasteiger charge is 2.04. The third-order valence-electron chi connectivity index (χ3n) is 2.82. The first kappa shape index (κ1) is 16.2. The normalized spacial score (nSPS) is 10.5. The van der Waals surface area contributed by atoms with Gasteiger partial charge >= 0.3 is 0 Å². The maximum atomic E-state index is 13.3. The number of primary amides is 1. The molecule has 0 heterocycles. The minimum absolute atomic E-state index is 0.259. The van der Waals surface area contributed by atoms with Gasteiger partial charge in [-0.2, -0.15) is 0 Å². The van der Waals surface area contributed by atoms with Crippen LogP contribution in [0.25, 0.3) is 0 Å². The number of nitrogens with zero attached hydrogens (tertiary/aromatic N) is 1. The number of hydrogen-bond donors (Lipinski definition) is 2. The molecular formula is C16H14FN3O3. The van der Waals surface area contributed by atoms with E-state index < -0.39 is 17.6 Å². The summed E-state index contributed by atoms with van der Waals surface area (Å²) >= 11 is 0. The Bertz CT molecular complexity index is 730. The number of hydrogen-bond acceptors (Lipinski definition) is 4. The number of nitrogens with two attached hydrogens (primary N) is 1. The van der Waals surface area contributed by atoms with Gasteiger partial charge in [0.25, 0.3) is 5.91 Å². The molecule has 118 valence electrons. The van der Waals surface area contributed by atoms with Gasteiger partial charge in [-0.1, -0.05) is 23.4 Å². The Balaban J connectivity index is 1.81. The predicted octanol–water partition coefficient (Wildman–Crippen LogP) is 1.91. The van der Waals surface area contributed by atoms with E-state index in [0.29, 0.717) is 11.3 Å². The number of nitrogens with one attached hydrogen (secondary N) is 1. The second-order valence-corrected chi connectivity index (χ2v) is 4.52. The summed E-state index contributed by atoms with van der Waals surface area (Å²) in [6.45, 7) is -0.331. The molecule has 0 saturated heterocycles. The SMILES string of the molecule is NC(=O)c1ccc(NC(=O)CO/N=C\c2ccccc2F)cc1. The molecule has 6 nitrogen and oxygen atoms in total. The minimum Gasteiger partial charge on any atom is -0.386 e. The summed E-state index contributed by atoms with van der Waals surface area (Å²) in [4.78, 5) is 27.4. The lowest BCUT2D eigenvalue weighted by Gasteiger charge is -2.04. The van der Waals surface area contributed by atoms with E-state index in [-0.39, 0.29) is 12.2 Å². The van der Waals surface area contributed by atoms with E-state index in [0.717, 1.165) is 0 Å². The van der Waals surface area contributed by atoms with Crippen molar-refractivity contribution in [3.05, 3.63) is 65.5 Å². The third-order valence-corrected chi connectivity index (χ3v) is 2.82. The Kier molecular flexibility index (Phi) is 5.40. The summed E-state index contributed by atoms with van der Waals surface area (Å²) < 4.78 is 13.3. The average Bonchev–Trinajstić information content (AvgIpc) is 2.53. The summed E-state index contributed by atoms with van der Waals surface area (Å²) in [6, 6.07) is 12.1. The van der Waals surface area contributed by atoms with Crippen molar-refractivity contribution in [2.45, 2.75) is 0 Å². The van der Waals surface area contributed by atoms with Gasteiger partial charge in [-0.15, -0.1) is 0 Å². The topological polar surface area (TPSA) is 93.8 Å². The lowest BCUT2D eigenvalue weighted by atomic mass is 10.2. The number of halogens is 1. The van der Waals surface area contributed by atoms with Crippen LogP contribution in [0.3, 0.4) is 0 Å². The Hall–Kier alpha value is -3.22. The van der Waals surface area contributed by atoms with Gasteiger partial charge in [0.05, 0.1) is 6.21 Å². The smallest absolute Gasteiger partial charge is 0.265 e. The van der Waals surface area contributed by atoms with Crippen molar-refractivity contribution in [2.75, 3.05) is 11.9 Å². The molecule has 0 saturated carbocycles. The van der Waals surface area contributed by atoms with Crippen LogP contribution in [-0.4, -0.2) is 24.6 Å². The zero-order valence-corrected chi connectivity index (χ0v) is 12.0. The fourth-order valence-corrected chi connectivity index (χ4v) is 1.68. The number of oxime groups is 1. The van der Waals surface area contributed by atoms with E-state index in [1.54, 1.807) is 24.3 Å². The molecular weight excluding hydrogens is 301 g/mol. The van der Waals surface area contributed by atoms with Crippen molar-refractivity contribution < 1.29 is 18.8 Å². The highest BCUT2D eigenvalue weighted by Crippen LogP contribution is 2.09. The Morgan fingerprint density at radius 3 is 2.52 bits per heavy atom. The number of carbonyl (C=O) groups excluding carboxylic acids is 2. The second kappa shape index (κ2) is 7.69. The molecule has 0 aromatic heterocycles. The van der Waals surface area contributed by atoms with Crippen molar-refractivity contribution in [3.63, 3.8) is 0 Å². The van der Waals surface area contributed by atoms with Crippen LogP contribution in [0, 0.1) is 5.82 Å². The van der Waals surface area contributed by atoms with Gasteiger partial charge in [0, 0.05) is 16.8 Å². The molecule has 0 unspecified atom stereocenters. The summed E-state index contributed by atoms with van der Waals surface area (Å²) in [6.07, 6.45) is 1.18. The maximum Gasteiger partial charge on any atom is 0.265 e. The maximum absolute atomic E-state index is 13.3.